The smallest absolute Gasteiger partial charge is 0.169 e. The fraction of sp³-hybridized carbons (Fsp3) is 0.227. The van der Waals surface area contributed by atoms with Crippen LogP contribution in [-0.4, -0.2) is 14.2 Å². The van der Waals surface area contributed by atoms with Crippen LogP contribution in [0, 0.1) is 0 Å². The summed E-state index contributed by atoms with van der Waals surface area (Å²) in [5.74, 6) is 1.49. The van der Waals surface area contributed by atoms with E-state index in [9.17, 15) is 0 Å². The van der Waals surface area contributed by atoms with Crippen molar-refractivity contribution in [3.05, 3.63) is 75.1 Å². The SMILES string of the molecule is Clc1ccc(-c2cn3nc(COc4ccc(Cl)cc4Cl)n4c3c2CCCC4)cc1. The van der Waals surface area contributed by atoms with Crippen LogP contribution in [-0.2, 0) is 19.6 Å². The molecule has 0 saturated heterocycles. The van der Waals surface area contributed by atoms with E-state index in [4.69, 9.17) is 44.6 Å². The third-order valence-electron chi connectivity index (χ3n) is 5.32. The summed E-state index contributed by atoms with van der Waals surface area (Å²) in [6.07, 6.45) is 5.39. The molecular weight excluding hydrogens is 429 g/mol. The van der Waals surface area contributed by atoms with Crippen LogP contribution >= 0.6 is 34.8 Å². The van der Waals surface area contributed by atoms with Gasteiger partial charge in [-0.3, -0.25) is 0 Å². The van der Waals surface area contributed by atoms with Crippen molar-refractivity contribution in [2.24, 2.45) is 0 Å². The second-order valence-corrected chi connectivity index (χ2v) is 8.46. The minimum atomic E-state index is 0.346. The number of halogens is 3. The quantitative estimate of drug-likeness (QED) is 0.350. The third-order valence-corrected chi connectivity index (χ3v) is 6.10. The highest BCUT2D eigenvalue weighted by Crippen LogP contribution is 2.34. The molecular formula is C22H18Cl3N3O. The van der Waals surface area contributed by atoms with Crippen LogP contribution in [0.15, 0.2) is 48.7 Å². The van der Waals surface area contributed by atoms with E-state index in [0.717, 1.165) is 47.9 Å². The van der Waals surface area contributed by atoms with Gasteiger partial charge in [-0.1, -0.05) is 46.9 Å². The van der Waals surface area contributed by atoms with Crippen molar-refractivity contribution in [1.82, 2.24) is 14.2 Å². The minimum absolute atomic E-state index is 0.346. The predicted molar refractivity (Wildman–Crippen MR) is 117 cm³/mol. The first-order chi connectivity index (χ1) is 14.1. The van der Waals surface area contributed by atoms with Gasteiger partial charge in [0.1, 0.15) is 18.0 Å². The van der Waals surface area contributed by atoms with E-state index in [2.05, 4.69) is 22.9 Å². The highest BCUT2D eigenvalue weighted by atomic mass is 35.5. The van der Waals surface area contributed by atoms with Crippen LogP contribution in [0.5, 0.6) is 5.75 Å². The topological polar surface area (TPSA) is 31.5 Å². The van der Waals surface area contributed by atoms with Gasteiger partial charge in [-0.15, -0.1) is 5.10 Å². The Balaban J connectivity index is 1.52. The van der Waals surface area contributed by atoms with Crippen molar-refractivity contribution in [1.29, 1.82) is 0 Å². The summed E-state index contributed by atoms with van der Waals surface area (Å²) in [5, 5.41) is 6.64. The van der Waals surface area contributed by atoms with Crippen molar-refractivity contribution in [2.75, 3.05) is 0 Å². The molecule has 0 saturated carbocycles. The van der Waals surface area contributed by atoms with Gasteiger partial charge in [0.05, 0.1) is 5.02 Å². The Kier molecular flexibility index (Phi) is 4.94. The zero-order valence-corrected chi connectivity index (χ0v) is 17.8. The molecule has 0 unspecified atom stereocenters. The first-order valence-corrected chi connectivity index (χ1v) is 10.7. The molecule has 1 aliphatic heterocycles. The fourth-order valence-electron chi connectivity index (χ4n) is 3.96. The van der Waals surface area contributed by atoms with Crippen molar-refractivity contribution >= 4 is 40.4 Å². The minimum Gasteiger partial charge on any atom is -0.484 e. The van der Waals surface area contributed by atoms with Gasteiger partial charge in [-0.2, -0.15) is 0 Å². The summed E-state index contributed by atoms with van der Waals surface area (Å²) in [7, 11) is 0. The molecule has 1 aliphatic rings. The van der Waals surface area contributed by atoms with E-state index in [-0.39, 0.29) is 0 Å². The van der Waals surface area contributed by atoms with Gasteiger partial charge in [0.2, 0.25) is 0 Å². The average molecular weight is 447 g/mol. The maximum Gasteiger partial charge on any atom is 0.169 e. The molecule has 148 valence electrons. The van der Waals surface area contributed by atoms with Gasteiger partial charge in [-0.05, 0) is 55.2 Å². The zero-order chi connectivity index (χ0) is 20.0. The first-order valence-electron chi connectivity index (χ1n) is 9.53. The second kappa shape index (κ2) is 7.60. The lowest BCUT2D eigenvalue weighted by Gasteiger charge is -2.10. The highest BCUT2D eigenvalue weighted by molar-refractivity contribution is 6.35. The predicted octanol–water partition coefficient (Wildman–Crippen LogP) is 6.68. The van der Waals surface area contributed by atoms with E-state index in [0.29, 0.717) is 22.4 Å². The summed E-state index contributed by atoms with van der Waals surface area (Å²) < 4.78 is 10.2. The van der Waals surface area contributed by atoms with Crippen molar-refractivity contribution < 1.29 is 4.74 Å². The summed E-state index contributed by atoms with van der Waals surface area (Å²) in [5.41, 5.74) is 4.85. The summed E-state index contributed by atoms with van der Waals surface area (Å²) in [6, 6.07) is 13.2. The molecule has 0 fully saturated rings. The molecule has 0 atom stereocenters. The van der Waals surface area contributed by atoms with Gasteiger partial charge < -0.3 is 9.30 Å². The van der Waals surface area contributed by atoms with E-state index in [1.54, 1.807) is 18.2 Å². The zero-order valence-electron chi connectivity index (χ0n) is 15.5. The lowest BCUT2D eigenvalue weighted by Crippen LogP contribution is -2.07. The normalized spacial score (nSPS) is 13.6. The third kappa shape index (κ3) is 3.50. The van der Waals surface area contributed by atoms with Crippen LogP contribution in [0.4, 0.5) is 0 Å². The Labute approximate surface area is 183 Å². The number of rotatable bonds is 4. The van der Waals surface area contributed by atoms with Crippen LogP contribution < -0.4 is 4.74 Å². The van der Waals surface area contributed by atoms with Crippen LogP contribution in [0.2, 0.25) is 15.1 Å². The van der Waals surface area contributed by atoms with Gasteiger partial charge in [0.25, 0.3) is 0 Å². The lowest BCUT2D eigenvalue weighted by atomic mass is 10.0. The number of ether oxygens (including phenoxy) is 1. The maximum atomic E-state index is 6.24. The number of hydrogen-bond donors (Lipinski definition) is 0. The molecule has 0 amide bonds. The van der Waals surface area contributed by atoms with Crippen LogP contribution in [0.3, 0.4) is 0 Å². The van der Waals surface area contributed by atoms with Gasteiger partial charge in [0.15, 0.2) is 5.82 Å². The molecule has 2 aromatic heterocycles. The molecule has 3 heterocycles. The number of aromatic nitrogens is 3. The van der Waals surface area contributed by atoms with Crippen LogP contribution in [0.1, 0.15) is 24.2 Å². The average Bonchev–Trinajstić information content (AvgIpc) is 3.11. The summed E-state index contributed by atoms with van der Waals surface area (Å²) in [6.45, 7) is 1.27. The molecule has 29 heavy (non-hydrogen) atoms. The Hall–Kier alpha value is -2.14. The molecule has 0 bridgehead atoms. The van der Waals surface area contributed by atoms with E-state index in [1.807, 2.05) is 16.6 Å². The van der Waals surface area contributed by atoms with Crippen molar-refractivity contribution in [2.45, 2.75) is 32.4 Å². The molecule has 7 heteroatoms. The molecule has 0 spiro atoms. The van der Waals surface area contributed by atoms with E-state index in [1.165, 1.54) is 11.1 Å². The Morgan fingerprint density at radius 2 is 1.76 bits per heavy atom. The number of benzene rings is 2. The second-order valence-electron chi connectivity index (χ2n) is 7.18. The van der Waals surface area contributed by atoms with Crippen molar-refractivity contribution in [3.8, 4) is 16.9 Å². The molecule has 2 aromatic carbocycles. The summed E-state index contributed by atoms with van der Waals surface area (Å²) >= 11 is 18.3. The molecule has 4 aromatic rings. The summed E-state index contributed by atoms with van der Waals surface area (Å²) in [4.78, 5) is 0. The highest BCUT2D eigenvalue weighted by Gasteiger charge is 2.22. The largest absolute Gasteiger partial charge is 0.484 e. The Bertz CT molecular complexity index is 1190. The Morgan fingerprint density at radius 3 is 2.55 bits per heavy atom. The monoisotopic (exact) mass is 445 g/mol. The number of aryl methyl sites for hydroxylation is 2. The molecule has 0 radical (unpaired) electrons. The van der Waals surface area contributed by atoms with Gasteiger partial charge in [0, 0.05) is 33.9 Å². The molecule has 0 N–H and O–H groups in total. The van der Waals surface area contributed by atoms with Gasteiger partial charge >= 0.3 is 0 Å². The van der Waals surface area contributed by atoms with E-state index >= 15 is 0 Å². The molecule has 4 nitrogen and oxygen atoms in total. The standard InChI is InChI=1S/C22H18Cl3N3O/c23-15-6-4-14(5-7-15)18-12-28-22-17(18)3-1-2-10-27(22)21(26-28)13-29-20-9-8-16(24)11-19(20)25/h4-9,11-12H,1-3,10,13H2. The molecule has 5 rings (SSSR count). The first kappa shape index (κ1) is 18.9. The van der Waals surface area contributed by atoms with Crippen LogP contribution in [0.25, 0.3) is 16.8 Å². The number of hydrogen-bond acceptors (Lipinski definition) is 2. The molecule has 0 aliphatic carbocycles. The Morgan fingerprint density at radius 1 is 0.966 bits per heavy atom. The lowest BCUT2D eigenvalue weighted by molar-refractivity contribution is 0.289. The van der Waals surface area contributed by atoms with E-state index < -0.39 is 0 Å². The maximum absolute atomic E-state index is 6.24. The number of nitrogens with zero attached hydrogens (tertiary/aromatic N) is 3. The fourth-order valence-corrected chi connectivity index (χ4v) is 4.55. The van der Waals surface area contributed by atoms with Gasteiger partial charge in [-0.25, -0.2) is 4.52 Å². The van der Waals surface area contributed by atoms with Crippen molar-refractivity contribution in [3.63, 3.8) is 0 Å².